The Hall–Kier alpha value is -0.240. The number of epoxide rings is 1. The molecule has 1 saturated heterocycles. The predicted molar refractivity (Wildman–Crippen MR) is 73.7 cm³/mol. The van der Waals surface area contributed by atoms with Gasteiger partial charge < -0.3 is 29.2 Å². The van der Waals surface area contributed by atoms with Crippen LogP contribution in [0.5, 0.6) is 0 Å². The van der Waals surface area contributed by atoms with Gasteiger partial charge in [-0.1, -0.05) is 6.92 Å². The second-order valence-corrected chi connectivity index (χ2v) is 5.54. The molecule has 0 radical (unpaired) electrons. The SMILES string of the molecule is CC(COCCCO)(COCCCO)COCC1CO1. The van der Waals surface area contributed by atoms with Gasteiger partial charge >= 0.3 is 0 Å². The molecule has 20 heavy (non-hydrogen) atoms. The largest absolute Gasteiger partial charge is 0.396 e. The third-order valence-electron chi connectivity index (χ3n) is 2.95. The van der Waals surface area contributed by atoms with Gasteiger partial charge in [0.2, 0.25) is 0 Å². The van der Waals surface area contributed by atoms with Crippen molar-refractivity contribution in [2.45, 2.75) is 25.9 Å². The minimum Gasteiger partial charge on any atom is -0.396 e. The van der Waals surface area contributed by atoms with Crippen LogP contribution >= 0.6 is 0 Å². The first-order chi connectivity index (χ1) is 9.70. The molecular formula is C14H28O6. The van der Waals surface area contributed by atoms with Crippen molar-refractivity contribution in [2.24, 2.45) is 5.41 Å². The molecule has 0 saturated carbocycles. The molecule has 2 N–H and O–H groups in total. The summed E-state index contributed by atoms with van der Waals surface area (Å²) in [5.74, 6) is 0. The van der Waals surface area contributed by atoms with Gasteiger partial charge in [-0.15, -0.1) is 0 Å². The number of aliphatic hydroxyl groups is 2. The van der Waals surface area contributed by atoms with Gasteiger partial charge in [-0.25, -0.2) is 0 Å². The van der Waals surface area contributed by atoms with Gasteiger partial charge in [0.05, 0.1) is 33.0 Å². The van der Waals surface area contributed by atoms with E-state index in [9.17, 15) is 0 Å². The van der Waals surface area contributed by atoms with E-state index in [1.54, 1.807) is 0 Å². The fraction of sp³-hybridized carbons (Fsp3) is 1.00. The van der Waals surface area contributed by atoms with E-state index in [2.05, 4.69) is 6.92 Å². The summed E-state index contributed by atoms with van der Waals surface area (Å²) in [5, 5.41) is 17.5. The van der Waals surface area contributed by atoms with Crippen LogP contribution in [0.2, 0.25) is 0 Å². The second kappa shape index (κ2) is 10.5. The van der Waals surface area contributed by atoms with E-state index < -0.39 is 0 Å². The van der Waals surface area contributed by atoms with Gasteiger partial charge in [0, 0.05) is 31.8 Å². The highest BCUT2D eigenvalue weighted by molar-refractivity contribution is 4.75. The molecule has 6 nitrogen and oxygen atoms in total. The molecule has 1 heterocycles. The van der Waals surface area contributed by atoms with Crippen LogP contribution in [0.15, 0.2) is 0 Å². The van der Waals surface area contributed by atoms with Crippen molar-refractivity contribution >= 4 is 0 Å². The normalized spacial score (nSPS) is 18.4. The Morgan fingerprint density at radius 3 is 1.95 bits per heavy atom. The molecule has 1 unspecified atom stereocenters. The molecule has 0 aliphatic carbocycles. The highest BCUT2D eigenvalue weighted by Gasteiger charge is 2.28. The molecule has 0 bridgehead atoms. The van der Waals surface area contributed by atoms with Gasteiger partial charge in [0.15, 0.2) is 0 Å². The van der Waals surface area contributed by atoms with Crippen LogP contribution in [-0.2, 0) is 18.9 Å². The van der Waals surface area contributed by atoms with Crippen LogP contribution in [0, 0.1) is 5.41 Å². The molecule has 0 amide bonds. The quantitative estimate of drug-likeness (QED) is 0.352. The van der Waals surface area contributed by atoms with Crippen molar-refractivity contribution in [3.63, 3.8) is 0 Å². The molecule has 6 heteroatoms. The van der Waals surface area contributed by atoms with Gasteiger partial charge in [0.25, 0.3) is 0 Å². The van der Waals surface area contributed by atoms with Crippen molar-refractivity contribution in [1.29, 1.82) is 0 Å². The Morgan fingerprint density at radius 2 is 1.50 bits per heavy atom. The topological polar surface area (TPSA) is 80.7 Å². The van der Waals surface area contributed by atoms with Crippen molar-refractivity contribution in [1.82, 2.24) is 0 Å². The molecule has 1 fully saturated rings. The van der Waals surface area contributed by atoms with E-state index in [0.29, 0.717) is 52.5 Å². The summed E-state index contributed by atoms with van der Waals surface area (Å²) >= 11 is 0. The Balaban J connectivity index is 2.21. The van der Waals surface area contributed by atoms with E-state index in [0.717, 1.165) is 6.61 Å². The van der Waals surface area contributed by atoms with E-state index in [-0.39, 0.29) is 24.7 Å². The lowest BCUT2D eigenvalue weighted by Crippen LogP contribution is -2.35. The smallest absolute Gasteiger partial charge is 0.104 e. The Labute approximate surface area is 121 Å². The predicted octanol–water partition coefficient (Wildman–Crippen LogP) is 0.206. The molecule has 1 aliphatic rings. The van der Waals surface area contributed by atoms with Crippen molar-refractivity contribution in [3.8, 4) is 0 Å². The maximum atomic E-state index is 8.74. The summed E-state index contributed by atoms with van der Waals surface area (Å²) in [6.07, 6.45) is 1.53. The highest BCUT2D eigenvalue weighted by Crippen LogP contribution is 2.20. The molecule has 0 aromatic heterocycles. The summed E-state index contributed by atoms with van der Waals surface area (Å²) in [6.45, 7) is 6.40. The van der Waals surface area contributed by atoms with Crippen LogP contribution in [0.3, 0.4) is 0 Å². The maximum Gasteiger partial charge on any atom is 0.104 e. The summed E-state index contributed by atoms with van der Waals surface area (Å²) in [4.78, 5) is 0. The molecule has 1 atom stereocenters. The molecule has 0 spiro atoms. The second-order valence-electron chi connectivity index (χ2n) is 5.54. The molecule has 1 rings (SSSR count). The average molecular weight is 292 g/mol. The first-order valence-electron chi connectivity index (χ1n) is 7.27. The van der Waals surface area contributed by atoms with Gasteiger partial charge in [-0.05, 0) is 12.8 Å². The molecular weight excluding hydrogens is 264 g/mol. The van der Waals surface area contributed by atoms with Crippen LogP contribution in [-0.4, -0.2) is 75.8 Å². The lowest BCUT2D eigenvalue weighted by atomic mass is 9.94. The zero-order chi connectivity index (χ0) is 14.7. The third kappa shape index (κ3) is 8.84. The zero-order valence-corrected chi connectivity index (χ0v) is 12.4. The third-order valence-corrected chi connectivity index (χ3v) is 2.95. The summed E-state index contributed by atoms with van der Waals surface area (Å²) < 4.78 is 21.9. The number of aliphatic hydroxyl groups excluding tert-OH is 2. The van der Waals surface area contributed by atoms with Gasteiger partial charge in [0.1, 0.15) is 6.10 Å². The maximum absolute atomic E-state index is 8.74. The molecule has 120 valence electrons. The van der Waals surface area contributed by atoms with Crippen LogP contribution in [0.1, 0.15) is 19.8 Å². The first-order valence-corrected chi connectivity index (χ1v) is 7.27. The Morgan fingerprint density at radius 1 is 1.00 bits per heavy atom. The number of ether oxygens (including phenoxy) is 4. The lowest BCUT2D eigenvalue weighted by Gasteiger charge is -2.29. The fourth-order valence-corrected chi connectivity index (χ4v) is 1.70. The Kier molecular flexibility index (Phi) is 9.33. The molecule has 1 aliphatic heterocycles. The van der Waals surface area contributed by atoms with E-state index >= 15 is 0 Å². The Bertz CT molecular complexity index is 220. The fourth-order valence-electron chi connectivity index (χ4n) is 1.70. The highest BCUT2D eigenvalue weighted by atomic mass is 16.6. The molecule has 0 aromatic carbocycles. The van der Waals surface area contributed by atoms with Crippen molar-refractivity contribution in [3.05, 3.63) is 0 Å². The standard InChI is InChI=1S/C14H28O6/c1-14(10-17-6-2-4-15,11-18-7-3-5-16)12-19-8-13-9-20-13/h13,15-16H,2-12H2,1H3. The lowest BCUT2D eigenvalue weighted by molar-refractivity contribution is -0.0640. The van der Waals surface area contributed by atoms with Crippen molar-refractivity contribution < 1.29 is 29.2 Å². The monoisotopic (exact) mass is 292 g/mol. The van der Waals surface area contributed by atoms with Crippen molar-refractivity contribution in [2.75, 3.05) is 59.5 Å². The summed E-state index contributed by atoms with van der Waals surface area (Å²) in [5.41, 5.74) is -0.222. The number of hydrogen-bond donors (Lipinski definition) is 2. The van der Waals surface area contributed by atoms with Crippen LogP contribution in [0.4, 0.5) is 0 Å². The summed E-state index contributed by atoms with van der Waals surface area (Å²) in [6, 6.07) is 0. The average Bonchev–Trinajstić information content (AvgIpc) is 3.24. The minimum absolute atomic E-state index is 0.138. The van der Waals surface area contributed by atoms with Crippen LogP contribution < -0.4 is 0 Å². The minimum atomic E-state index is -0.222. The van der Waals surface area contributed by atoms with Gasteiger partial charge in [-0.3, -0.25) is 0 Å². The summed E-state index contributed by atoms with van der Waals surface area (Å²) in [7, 11) is 0. The first kappa shape index (κ1) is 17.8. The van der Waals surface area contributed by atoms with E-state index in [1.165, 1.54) is 0 Å². The van der Waals surface area contributed by atoms with E-state index in [4.69, 9.17) is 29.2 Å². The molecule has 0 aromatic rings. The van der Waals surface area contributed by atoms with Crippen LogP contribution in [0.25, 0.3) is 0 Å². The number of rotatable bonds is 14. The van der Waals surface area contributed by atoms with Gasteiger partial charge in [-0.2, -0.15) is 0 Å². The zero-order valence-electron chi connectivity index (χ0n) is 12.4. The number of hydrogen-bond acceptors (Lipinski definition) is 6. The van der Waals surface area contributed by atoms with E-state index in [1.807, 2.05) is 0 Å².